The van der Waals surface area contributed by atoms with Crippen LogP contribution in [-0.2, 0) is 4.79 Å². The van der Waals surface area contributed by atoms with Crippen LogP contribution in [0.2, 0.25) is 0 Å². The SMILES string of the molecule is C=C(/C=C(F)\C(N)=C/C)N1CCCC1=O. The van der Waals surface area contributed by atoms with Crippen molar-refractivity contribution in [3.8, 4) is 0 Å². The first-order valence-corrected chi connectivity index (χ1v) is 4.85. The van der Waals surface area contributed by atoms with E-state index in [0.29, 0.717) is 18.7 Å². The molecule has 2 N–H and O–H groups in total. The highest BCUT2D eigenvalue weighted by atomic mass is 19.1. The number of amides is 1. The normalized spacial score (nSPS) is 18.5. The number of nitrogens with zero attached hydrogens (tertiary/aromatic N) is 1. The fraction of sp³-hybridized carbons (Fsp3) is 0.364. The number of carbonyl (C=O) groups excluding carboxylic acids is 1. The van der Waals surface area contributed by atoms with Gasteiger partial charge in [-0.15, -0.1) is 0 Å². The molecule has 0 aromatic rings. The maximum atomic E-state index is 13.3. The Labute approximate surface area is 88.7 Å². The fourth-order valence-electron chi connectivity index (χ4n) is 1.40. The highest BCUT2D eigenvalue weighted by Gasteiger charge is 2.21. The molecule has 4 heteroatoms. The fourth-order valence-corrected chi connectivity index (χ4v) is 1.40. The van der Waals surface area contributed by atoms with E-state index in [9.17, 15) is 9.18 Å². The monoisotopic (exact) mass is 210 g/mol. The number of hydrogen-bond donors (Lipinski definition) is 1. The number of allylic oxidation sites excluding steroid dienone is 3. The minimum Gasteiger partial charge on any atom is -0.397 e. The number of nitrogens with two attached hydrogens (primary N) is 1. The molecule has 3 nitrogen and oxygen atoms in total. The molecule has 1 saturated heterocycles. The molecule has 0 aliphatic carbocycles. The van der Waals surface area contributed by atoms with Gasteiger partial charge in [-0.25, -0.2) is 4.39 Å². The van der Waals surface area contributed by atoms with Gasteiger partial charge in [0.15, 0.2) is 0 Å². The van der Waals surface area contributed by atoms with Crippen LogP contribution < -0.4 is 5.73 Å². The van der Waals surface area contributed by atoms with Crippen LogP contribution in [0.5, 0.6) is 0 Å². The van der Waals surface area contributed by atoms with Gasteiger partial charge in [0.2, 0.25) is 5.91 Å². The van der Waals surface area contributed by atoms with Crippen molar-refractivity contribution in [3.05, 3.63) is 36.0 Å². The van der Waals surface area contributed by atoms with Gasteiger partial charge < -0.3 is 10.6 Å². The molecule has 0 unspecified atom stereocenters. The number of carbonyl (C=O) groups is 1. The van der Waals surface area contributed by atoms with Crippen molar-refractivity contribution in [2.45, 2.75) is 19.8 Å². The Morgan fingerprint density at radius 1 is 1.67 bits per heavy atom. The van der Waals surface area contributed by atoms with Crippen LogP contribution in [0.25, 0.3) is 0 Å². The lowest BCUT2D eigenvalue weighted by molar-refractivity contribution is -0.125. The van der Waals surface area contributed by atoms with Crippen LogP contribution in [0.1, 0.15) is 19.8 Å². The molecule has 1 aliphatic rings. The van der Waals surface area contributed by atoms with Gasteiger partial charge in [-0.2, -0.15) is 0 Å². The van der Waals surface area contributed by atoms with Gasteiger partial charge in [0.05, 0.1) is 5.70 Å². The van der Waals surface area contributed by atoms with Crippen LogP contribution >= 0.6 is 0 Å². The Balaban J connectivity index is 2.74. The van der Waals surface area contributed by atoms with Crippen LogP contribution in [0.3, 0.4) is 0 Å². The summed E-state index contributed by atoms with van der Waals surface area (Å²) in [5.41, 5.74) is 5.79. The molecule has 0 radical (unpaired) electrons. The van der Waals surface area contributed by atoms with E-state index in [0.717, 1.165) is 6.42 Å². The predicted molar refractivity (Wildman–Crippen MR) is 57.2 cm³/mol. The molecule has 82 valence electrons. The zero-order chi connectivity index (χ0) is 11.4. The van der Waals surface area contributed by atoms with E-state index in [-0.39, 0.29) is 11.6 Å². The Hall–Kier alpha value is -1.58. The first-order chi connectivity index (χ1) is 7.06. The summed E-state index contributed by atoms with van der Waals surface area (Å²) >= 11 is 0. The van der Waals surface area contributed by atoms with Crippen molar-refractivity contribution in [3.63, 3.8) is 0 Å². The summed E-state index contributed by atoms with van der Waals surface area (Å²) in [6.07, 6.45) is 3.96. The molecule has 0 spiro atoms. The van der Waals surface area contributed by atoms with Gasteiger partial charge in [0.25, 0.3) is 0 Å². The van der Waals surface area contributed by atoms with E-state index < -0.39 is 5.83 Å². The Morgan fingerprint density at radius 2 is 2.33 bits per heavy atom. The highest BCUT2D eigenvalue weighted by molar-refractivity contribution is 5.80. The lowest BCUT2D eigenvalue weighted by Crippen LogP contribution is -2.22. The van der Waals surface area contributed by atoms with Crippen molar-refractivity contribution in [2.75, 3.05) is 6.54 Å². The second-order valence-corrected chi connectivity index (χ2v) is 3.38. The lowest BCUT2D eigenvalue weighted by Gasteiger charge is -2.15. The average Bonchev–Trinajstić information content (AvgIpc) is 2.63. The standard InChI is InChI=1S/C11H15FN2O/c1-3-10(13)9(12)7-8(2)14-6-4-5-11(14)15/h3,7H,2,4-6,13H2,1H3/b9-7+,10-3+. The molecule has 1 heterocycles. The maximum Gasteiger partial charge on any atom is 0.227 e. The summed E-state index contributed by atoms with van der Waals surface area (Å²) in [5, 5.41) is 0. The molecule has 1 aliphatic heterocycles. The minimum absolute atomic E-state index is 0.0110. The van der Waals surface area contributed by atoms with Crippen LogP contribution in [0, 0.1) is 0 Å². The summed E-state index contributed by atoms with van der Waals surface area (Å²) in [6.45, 7) is 5.90. The second kappa shape index (κ2) is 4.77. The topological polar surface area (TPSA) is 46.3 Å². The smallest absolute Gasteiger partial charge is 0.227 e. The van der Waals surface area contributed by atoms with Crippen molar-refractivity contribution < 1.29 is 9.18 Å². The molecule has 1 fully saturated rings. The van der Waals surface area contributed by atoms with Gasteiger partial charge in [0.1, 0.15) is 5.83 Å². The predicted octanol–water partition coefficient (Wildman–Crippen LogP) is 1.84. The lowest BCUT2D eigenvalue weighted by atomic mass is 10.3. The molecule has 1 rings (SSSR count). The Bertz CT molecular complexity index is 344. The average molecular weight is 210 g/mol. The van der Waals surface area contributed by atoms with Gasteiger partial charge in [-0.1, -0.05) is 12.7 Å². The van der Waals surface area contributed by atoms with E-state index in [1.54, 1.807) is 6.92 Å². The summed E-state index contributed by atoms with van der Waals surface area (Å²) in [7, 11) is 0. The minimum atomic E-state index is -0.554. The van der Waals surface area contributed by atoms with E-state index in [1.165, 1.54) is 17.1 Å². The number of hydrogen-bond acceptors (Lipinski definition) is 2. The quantitative estimate of drug-likeness (QED) is 0.722. The summed E-state index contributed by atoms with van der Waals surface area (Å²) in [6, 6.07) is 0. The first kappa shape index (κ1) is 11.5. The number of likely N-dealkylation sites (tertiary alicyclic amines) is 1. The third-order valence-corrected chi connectivity index (χ3v) is 2.30. The Kier molecular flexibility index (Phi) is 3.66. The van der Waals surface area contributed by atoms with E-state index in [4.69, 9.17) is 5.73 Å². The van der Waals surface area contributed by atoms with Crippen LogP contribution in [0.4, 0.5) is 4.39 Å². The van der Waals surface area contributed by atoms with Crippen LogP contribution in [0.15, 0.2) is 36.0 Å². The molecular weight excluding hydrogens is 195 g/mol. The molecule has 0 aromatic carbocycles. The molecule has 15 heavy (non-hydrogen) atoms. The van der Waals surface area contributed by atoms with Crippen molar-refractivity contribution >= 4 is 5.91 Å². The van der Waals surface area contributed by atoms with Gasteiger partial charge in [-0.3, -0.25) is 4.79 Å². The van der Waals surface area contributed by atoms with E-state index >= 15 is 0 Å². The highest BCUT2D eigenvalue weighted by Crippen LogP contribution is 2.18. The van der Waals surface area contributed by atoms with Crippen molar-refractivity contribution in [1.82, 2.24) is 4.90 Å². The molecule has 1 amide bonds. The van der Waals surface area contributed by atoms with Gasteiger partial charge in [-0.05, 0) is 19.4 Å². The van der Waals surface area contributed by atoms with E-state index in [1.807, 2.05) is 0 Å². The van der Waals surface area contributed by atoms with Crippen LogP contribution in [-0.4, -0.2) is 17.4 Å². The third kappa shape index (κ3) is 2.68. The number of rotatable bonds is 3. The third-order valence-electron chi connectivity index (χ3n) is 2.30. The molecule has 0 saturated carbocycles. The van der Waals surface area contributed by atoms with Crippen molar-refractivity contribution in [2.24, 2.45) is 5.73 Å². The molecule has 0 aromatic heterocycles. The molecule has 0 bridgehead atoms. The van der Waals surface area contributed by atoms with Gasteiger partial charge in [0, 0.05) is 18.7 Å². The molecular formula is C11H15FN2O. The number of halogens is 1. The zero-order valence-electron chi connectivity index (χ0n) is 8.79. The first-order valence-electron chi connectivity index (χ1n) is 4.85. The zero-order valence-corrected chi connectivity index (χ0v) is 8.79. The summed E-state index contributed by atoms with van der Waals surface area (Å²) < 4.78 is 13.3. The summed E-state index contributed by atoms with van der Waals surface area (Å²) in [5.74, 6) is -0.565. The second-order valence-electron chi connectivity index (χ2n) is 3.38. The molecule has 0 atom stereocenters. The van der Waals surface area contributed by atoms with Gasteiger partial charge >= 0.3 is 0 Å². The van der Waals surface area contributed by atoms with Crippen molar-refractivity contribution in [1.29, 1.82) is 0 Å². The summed E-state index contributed by atoms with van der Waals surface area (Å²) in [4.78, 5) is 12.8. The Morgan fingerprint density at radius 3 is 2.80 bits per heavy atom. The maximum absolute atomic E-state index is 13.3. The van der Waals surface area contributed by atoms with E-state index in [2.05, 4.69) is 6.58 Å². The largest absolute Gasteiger partial charge is 0.397 e.